The van der Waals surface area contributed by atoms with Gasteiger partial charge in [0.1, 0.15) is 5.54 Å². The molecule has 2 N–H and O–H groups in total. The van der Waals surface area contributed by atoms with Crippen LogP contribution < -0.4 is 5.73 Å². The molecule has 0 spiro atoms. The Morgan fingerprint density at radius 3 is 2.39 bits per heavy atom. The van der Waals surface area contributed by atoms with Crippen molar-refractivity contribution in [3.05, 3.63) is 94.6 Å². The number of ketones is 1. The van der Waals surface area contributed by atoms with E-state index in [0.29, 0.717) is 22.2 Å². The van der Waals surface area contributed by atoms with Crippen LogP contribution in [-0.2, 0) is 16.6 Å². The minimum Gasteiger partial charge on any atom is -0.468 e. The Morgan fingerprint density at radius 1 is 1.08 bits per heavy atom. The number of halogens is 2. The lowest BCUT2D eigenvalue weighted by Crippen LogP contribution is -2.51. The molecule has 1 aliphatic carbocycles. The molecular formula is C29H28Cl2N2O3. The van der Waals surface area contributed by atoms with Gasteiger partial charge in [0, 0.05) is 28.2 Å². The molecule has 0 radical (unpaired) electrons. The summed E-state index contributed by atoms with van der Waals surface area (Å²) < 4.78 is 6.80. The van der Waals surface area contributed by atoms with E-state index in [2.05, 4.69) is 0 Å². The number of benzene rings is 2. The molecule has 0 fully saturated rings. The lowest BCUT2D eigenvalue weighted by molar-refractivity contribution is -0.147. The third kappa shape index (κ3) is 4.79. The van der Waals surface area contributed by atoms with E-state index in [1.54, 1.807) is 6.92 Å². The molecule has 5 nitrogen and oxygen atoms in total. The van der Waals surface area contributed by atoms with Crippen molar-refractivity contribution in [2.24, 2.45) is 18.2 Å². The number of carbonyl (C=O) groups is 2. The van der Waals surface area contributed by atoms with Gasteiger partial charge in [0.15, 0.2) is 5.78 Å². The van der Waals surface area contributed by atoms with Crippen LogP contribution in [0.3, 0.4) is 0 Å². The molecule has 0 saturated heterocycles. The van der Waals surface area contributed by atoms with Crippen LogP contribution in [0.5, 0.6) is 0 Å². The summed E-state index contributed by atoms with van der Waals surface area (Å²) in [6.45, 7) is 1.60. The fraction of sp³-hybridized carbons (Fsp3) is 0.241. The van der Waals surface area contributed by atoms with Gasteiger partial charge in [-0.05, 0) is 49.6 Å². The highest BCUT2D eigenvalue weighted by Gasteiger charge is 2.46. The third-order valence-electron chi connectivity index (χ3n) is 6.68. The molecule has 0 aliphatic heterocycles. The molecule has 186 valence electrons. The summed E-state index contributed by atoms with van der Waals surface area (Å²) in [5.74, 6) is -0.706. The molecule has 0 saturated carbocycles. The molecule has 1 unspecified atom stereocenters. The van der Waals surface area contributed by atoms with Gasteiger partial charge >= 0.3 is 5.97 Å². The number of aromatic nitrogens is 1. The predicted octanol–water partition coefficient (Wildman–Crippen LogP) is 6.63. The number of esters is 1. The molecule has 1 aliphatic rings. The van der Waals surface area contributed by atoms with Crippen molar-refractivity contribution in [3.63, 3.8) is 0 Å². The zero-order valence-electron chi connectivity index (χ0n) is 20.4. The first kappa shape index (κ1) is 26.0. The van der Waals surface area contributed by atoms with Gasteiger partial charge in [-0.2, -0.15) is 0 Å². The number of rotatable bonds is 7. The predicted molar refractivity (Wildman–Crippen MR) is 145 cm³/mol. The number of Topliss-reactive ketones (excluding diaryl/α,β-unsaturated/α-hetero) is 1. The first-order chi connectivity index (χ1) is 17.1. The molecule has 4 rings (SSSR count). The number of hydrogen-bond donors (Lipinski definition) is 1. The van der Waals surface area contributed by atoms with E-state index in [-0.39, 0.29) is 12.2 Å². The van der Waals surface area contributed by atoms with Crippen molar-refractivity contribution in [1.29, 1.82) is 0 Å². The summed E-state index contributed by atoms with van der Waals surface area (Å²) in [6.07, 6.45) is 7.98. The Labute approximate surface area is 221 Å². The van der Waals surface area contributed by atoms with Crippen LogP contribution in [0.15, 0.2) is 78.9 Å². The number of nitrogens with two attached hydrogens (primary N) is 1. The molecule has 0 bridgehead atoms. The lowest BCUT2D eigenvalue weighted by atomic mass is 9.69. The van der Waals surface area contributed by atoms with Crippen molar-refractivity contribution in [2.75, 3.05) is 7.11 Å². The summed E-state index contributed by atoms with van der Waals surface area (Å²) in [6, 6.07) is 16.9. The van der Waals surface area contributed by atoms with Crippen molar-refractivity contribution in [2.45, 2.75) is 25.3 Å². The number of methoxy groups -OCH3 is 1. The van der Waals surface area contributed by atoms with Crippen molar-refractivity contribution < 1.29 is 14.3 Å². The number of carbonyl (C=O) groups excluding carboxylic acids is 2. The Balaban J connectivity index is 1.90. The molecule has 0 amide bonds. The van der Waals surface area contributed by atoms with E-state index in [4.69, 9.17) is 33.7 Å². The van der Waals surface area contributed by atoms with Crippen molar-refractivity contribution in [1.82, 2.24) is 4.57 Å². The average Bonchev–Trinajstić information content (AvgIpc) is 3.20. The van der Waals surface area contributed by atoms with Crippen LogP contribution in [0.25, 0.3) is 22.4 Å². The number of allylic oxidation sites excluding steroid dienone is 4. The van der Waals surface area contributed by atoms with E-state index in [1.165, 1.54) is 7.11 Å². The molecule has 1 aromatic heterocycles. The summed E-state index contributed by atoms with van der Waals surface area (Å²) in [7, 11) is 3.15. The summed E-state index contributed by atoms with van der Waals surface area (Å²) in [5, 5.41) is 1.19. The molecular weight excluding hydrogens is 495 g/mol. The van der Waals surface area contributed by atoms with Crippen LogP contribution in [0, 0.1) is 5.41 Å². The zero-order chi connectivity index (χ0) is 26.1. The quantitative estimate of drug-likeness (QED) is 0.279. The van der Waals surface area contributed by atoms with Crippen LogP contribution >= 0.6 is 23.2 Å². The topological polar surface area (TPSA) is 74.3 Å². The second-order valence-corrected chi connectivity index (χ2v) is 10.2. The normalized spacial score (nSPS) is 18.6. The summed E-state index contributed by atoms with van der Waals surface area (Å²) in [5.41, 5.74) is 7.83. The van der Waals surface area contributed by atoms with Gasteiger partial charge in [-0.3, -0.25) is 9.59 Å². The molecule has 1 heterocycles. The smallest absolute Gasteiger partial charge is 0.325 e. The summed E-state index contributed by atoms with van der Waals surface area (Å²) >= 11 is 12.7. The van der Waals surface area contributed by atoms with Crippen molar-refractivity contribution in [3.8, 4) is 22.4 Å². The largest absolute Gasteiger partial charge is 0.468 e. The van der Waals surface area contributed by atoms with E-state index < -0.39 is 16.9 Å². The highest BCUT2D eigenvalue weighted by molar-refractivity contribution is 6.33. The fourth-order valence-corrected chi connectivity index (χ4v) is 5.29. The van der Waals surface area contributed by atoms with Crippen LogP contribution in [0.2, 0.25) is 10.0 Å². The zero-order valence-corrected chi connectivity index (χ0v) is 21.9. The molecule has 2 aromatic carbocycles. The second-order valence-electron chi connectivity index (χ2n) is 9.40. The van der Waals surface area contributed by atoms with Gasteiger partial charge < -0.3 is 15.0 Å². The minimum atomic E-state index is -1.35. The first-order valence-electron chi connectivity index (χ1n) is 11.6. The minimum absolute atomic E-state index is 0.0925. The highest BCUT2D eigenvalue weighted by atomic mass is 35.5. The standard InChI is InChI=1S/C29H28Cl2N2O3/c1-28(32,27(35)36-3)18-29(15-7-4-8-16-29)26(34)24-17-22(21-9-5-6-10-23(21)31)25(33(24)2)19-11-13-20(30)14-12-19/h4-15,17H,16,18,32H2,1-3H3/t28-,29?/m0/s1. The number of ether oxygens (including phenoxy) is 1. The van der Waals surface area contributed by atoms with E-state index in [1.807, 2.05) is 90.5 Å². The van der Waals surface area contributed by atoms with Crippen molar-refractivity contribution >= 4 is 35.0 Å². The average molecular weight is 523 g/mol. The maximum atomic E-state index is 14.3. The maximum absolute atomic E-state index is 14.3. The van der Waals surface area contributed by atoms with Crippen LogP contribution in [-0.4, -0.2) is 29.0 Å². The van der Waals surface area contributed by atoms with Gasteiger partial charge in [-0.1, -0.05) is 77.8 Å². The Hall–Kier alpha value is -3.12. The number of nitrogens with zero attached hydrogens (tertiary/aromatic N) is 1. The Morgan fingerprint density at radius 2 is 1.78 bits per heavy atom. The molecule has 36 heavy (non-hydrogen) atoms. The fourth-order valence-electron chi connectivity index (χ4n) is 4.92. The van der Waals surface area contributed by atoms with Crippen LogP contribution in [0.4, 0.5) is 0 Å². The molecule has 2 atom stereocenters. The molecule has 3 aromatic rings. The number of hydrogen-bond acceptors (Lipinski definition) is 4. The highest BCUT2D eigenvalue weighted by Crippen LogP contribution is 2.43. The van der Waals surface area contributed by atoms with E-state index in [9.17, 15) is 9.59 Å². The Kier molecular flexibility index (Phi) is 7.28. The SMILES string of the molecule is COC(=O)[C@@](C)(N)CC1(C(=O)c2cc(-c3ccccc3Cl)c(-c3ccc(Cl)cc3)n2C)C=CC=CC1. The lowest BCUT2D eigenvalue weighted by Gasteiger charge is -2.36. The van der Waals surface area contributed by atoms with Gasteiger partial charge in [0.25, 0.3) is 0 Å². The van der Waals surface area contributed by atoms with Gasteiger partial charge in [-0.25, -0.2) is 0 Å². The van der Waals surface area contributed by atoms with E-state index >= 15 is 0 Å². The van der Waals surface area contributed by atoms with Gasteiger partial charge in [0.05, 0.1) is 23.9 Å². The third-order valence-corrected chi connectivity index (χ3v) is 7.26. The second kappa shape index (κ2) is 10.1. The van der Waals surface area contributed by atoms with Gasteiger partial charge in [0.2, 0.25) is 0 Å². The summed E-state index contributed by atoms with van der Waals surface area (Å²) in [4.78, 5) is 26.8. The monoisotopic (exact) mass is 522 g/mol. The molecule has 7 heteroatoms. The van der Waals surface area contributed by atoms with E-state index in [0.717, 1.165) is 22.4 Å². The Bertz CT molecular complexity index is 1370. The van der Waals surface area contributed by atoms with Crippen LogP contribution in [0.1, 0.15) is 30.3 Å². The maximum Gasteiger partial charge on any atom is 0.325 e. The van der Waals surface area contributed by atoms with Gasteiger partial charge in [-0.15, -0.1) is 0 Å². The first-order valence-corrected chi connectivity index (χ1v) is 12.3.